The zero-order chi connectivity index (χ0) is 15.5. The largest absolute Gasteiger partial charge is 0.491 e. The van der Waals surface area contributed by atoms with Gasteiger partial charge in [-0.1, -0.05) is 0 Å². The number of aliphatic hydroxyl groups is 1. The summed E-state index contributed by atoms with van der Waals surface area (Å²) in [5.74, 6) is 1.24. The Hall–Kier alpha value is -1.85. The quantitative estimate of drug-likeness (QED) is 0.860. The van der Waals surface area contributed by atoms with Crippen LogP contribution in [0.3, 0.4) is 0 Å². The van der Waals surface area contributed by atoms with Gasteiger partial charge in [0.25, 0.3) is 0 Å². The topological polar surface area (TPSA) is 58.6 Å². The summed E-state index contributed by atoms with van der Waals surface area (Å²) in [6.45, 7) is 2.35. The number of ether oxygens (including phenoxy) is 1. The summed E-state index contributed by atoms with van der Waals surface area (Å²) in [5.41, 5.74) is 0.773. The average molecular weight is 317 g/mol. The van der Waals surface area contributed by atoms with Crippen molar-refractivity contribution in [3.8, 4) is 5.75 Å². The first-order chi connectivity index (χ1) is 10.7. The summed E-state index contributed by atoms with van der Waals surface area (Å²) in [6, 6.07) is 11.5. The standard InChI is InChI=1S/C17H19NO3S/c1-11-2-7-16(22-11)14-10-15(14)17(20)18-12-3-5-13(6-4-12)21-9-8-19/h2-7,14-15,19H,8-10H2,1H3,(H,18,20). The molecule has 116 valence electrons. The van der Waals surface area contributed by atoms with E-state index in [0.29, 0.717) is 11.7 Å². The lowest BCUT2D eigenvalue weighted by molar-refractivity contribution is -0.117. The summed E-state index contributed by atoms with van der Waals surface area (Å²) in [7, 11) is 0. The van der Waals surface area contributed by atoms with Crippen LogP contribution in [0.2, 0.25) is 0 Å². The molecule has 0 radical (unpaired) electrons. The molecule has 1 aliphatic carbocycles. The molecule has 2 unspecified atom stereocenters. The van der Waals surface area contributed by atoms with Crippen molar-refractivity contribution in [2.45, 2.75) is 19.3 Å². The molecule has 0 bridgehead atoms. The highest BCUT2D eigenvalue weighted by molar-refractivity contribution is 7.12. The normalized spacial score (nSPS) is 19.7. The molecule has 1 heterocycles. The van der Waals surface area contributed by atoms with Crippen molar-refractivity contribution in [3.05, 3.63) is 46.2 Å². The number of benzene rings is 1. The molecule has 2 aromatic rings. The van der Waals surface area contributed by atoms with Crippen molar-refractivity contribution in [2.75, 3.05) is 18.5 Å². The Morgan fingerprint density at radius 1 is 1.32 bits per heavy atom. The number of aryl methyl sites for hydroxylation is 1. The van der Waals surface area contributed by atoms with Crippen LogP contribution in [0.1, 0.15) is 22.1 Å². The molecule has 0 aliphatic heterocycles. The van der Waals surface area contributed by atoms with Crippen LogP contribution in [-0.2, 0) is 4.79 Å². The molecule has 4 nitrogen and oxygen atoms in total. The number of anilines is 1. The Morgan fingerprint density at radius 2 is 2.09 bits per heavy atom. The summed E-state index contributed by atoms with van der Waals surface area (Å²) in [4.78, 5) is 14.9. The molecule has 1 fully saturated rings. The lowest BCUT2D eigenvalue weighted by Gasteiger charge is -2.07. The maximum atomic E-state index is 12.3. The Kier molecular flexibility index (Phi) is 4.45. The molecule has 1 aromatic carbocycles. The number of hydrogen-bond donors (Lipinski definition) is 2. The van der Waals surface area contributed by atoms with E-state index in [-0.39, 0.29) is 25.0 Å². The van der Waals surface area contributed by atoms with Crippen LogP contribution in [0.15, 0.2) is 36.4 Å². The monoisotopic (exact) mass is 317 g/mol. The van der Waals surface area contributed by atoms with Gasteiger partial charge in [-0.25, -0.2) is 0 Å². The Labute approximate surface area is 133 Å². The first-order valence-corrected chi connectivity index (χ1v) is 8.20. The van der Waals surface area contributed by atoms with E-state index in [1.54, 1.807) is 23.5 Å². The van der Waals surface area contributed by atoms with E-state index in [1.165, 1.54) is 9.75 Å². The summed E-state index contributed by atoms with van der Waals surface area (Å²) < 4.78 is 5.29. The molecule has 2 atom stereocenters. The Balaban J connectivity index is 1.54. The first kappa shape index (κ1) is 15.1. The van der Waals surface area contributed by atoms with Crippen molar-refractivity contribution in [1.82, 2.24) is 0 Å². The van der Waals surface area contributed by atoms with Crippen LogP contribution in [-0.4, -0.2) is 24.2 Å². The van der Waals surface area contributed by atoms with Gasteiger partial charge in [0.2, 0.25) is 5.91 Å². The number of rotatable bonds is 6. The third kappa shape index (κ3) is 3.48. The van der Waals surface area contributed by atoms with Crippen molar-refractivity contribution >= 4 is 22.9 Å². The second-order valence-corrected chi connectivity index (χ2v) is 6.80. The second kappa shape index (κ2) is 6.50. The highest BCUT2D eigenvalue weighted by atomic mass is 32.1. The third-order valence-corrected chi connectivity index (χ3v) is 4.87. The van der Waals surface area contributed by atoms with E-state index in [9.17, 15) is 4.79 Å². The van der Waals surface area contributed by atoms with Crippen LogP contribution in [0.5, 0.6) is 5.75 Å². The van der Waals surface area contributed by atoms with Gasteiger partial charge in [-0.05, 0) is 49.7 Å². The summed E-state index contributed by atoms with van der Waals surface area (Å²) in [5, 5.41) is 11.7. The van der Waals surface area contributed by atoms with E-state index < -0.39 is 0 Å². The van der Waals surface area contributed by atoms with E-state index >= 15 is 0 Å². The zero-order valence-corrected chi connectivity index (χ0v) is 13.2. The summed E-state index contributed by atoms with van der Waals surface area (Å²) in [6.07, 6.45) is 0.934. The van der Waals surface area contributed by atoms with Gasteiger partial charge in [0.1, 0.15) is 12.4 Å². The fourth-order valence-electron chi connectivity index (χ4n) is 2.48. The Morgan fingerprint density at radius 3 is 2.73 bits per heavy atom. The van der Waals surface area contributed by atoms with Gasteiger partial charge in [-0.2, -0.15) is 0 Å². The van der Waals surface area contributed by atoms with Crippen molar-refractivity contribution in [2.24, 2.45) is 5.92 Å². The second-order valence-electron chi connectivity index (χ2n) is 5.48. The van der Waals surface area contributed by atoms with E-state index in [4.69, 9.17) is 9.84 Å². The average Bonchev–Trinajstić information content (AvgIpc) is 3.21. The van der Waals surface area contributed by atoms with Crippen molar-refractivity contribution in [1.29, 1.82) is 0 Å². The smallest absolute Gasteiger partial charge is 0.228 e. The molecule has 5 heteroatoms. The van der Waals surface area contributed by atoms with Gasteiger partial charge < -0.3 is 15.2 Å². The van der Waals surface area contributed by atoms with Crippen LogP contribution >= 0.6 is 11.3 Å². The summed E-state index contributed by atoms with van der Waals surface area (Å²) >= 11 is 1.78. The zero-order valence-electron chi connectivity index (χ0n) is 12.4. The van der Waals surface area contributed by atoms with Gasteiger partial charge in [0.15, 0.2) is 0 Å². The number of carbonyl (C=O) groups excluding carboxylic acids is 1. The van der Waals surface area contributed by atoms with E-state index in [1.807, 2.05) is 12.1 Å². The fraction of sp³-hybridized carbons (Fsp3) is 0.353. The van der Waals surface area contributed by atoms with Crippen molar-refractivity contribution < 1.29 is 14.6 Å². The minimum atomic E-state index is -0.0102. The molecule has 0 saturated heterocycles. The van der Waals surface area contributed by atoms with Gasteiger partial charge in [0.05, 0.1) is 6.61 Å². The molecular weight excluding hydrogens is 298 g/mol. The number of thiophene rings is 1. The van der Waals surface area contributed by atoms with Crippen LogP contribution in [0.25, 0.3) is 0 Å². The predicted molar refractivity (Wildman–Crippen MR) is 87.6 cm³/mol. The number of carbonyl (C=O) groups is 1. The van der Waals surface area contributed by atoms with Gasteiger partial charge in [-0.3, -0.25) is 4.79 Å². The number of aliphatic hydroxyl groups excluding tert-OH is 1. The molecule has 3 rings (SSSR count). The van der Waals surface area contributed by atoms with Gasteiger partial charge in [-0.15, -0.1) is 11.3 Å². The fourth-order valence-corrected chi connectivity index (χ4v) is 3.54. The third-order valence-electron chi connectivity index (χ3n) is 3.74. The molecule has 0 spiro atoms. The van der Waals surface area contributed by atoms with Crippen LogP contribution in [0.4, 0.5) is 5.69 Å². The van der Waals surface area contributed by atoms with Crippen molar-refractivity contribution in [3.63, 3.8) is 0 Å². The number of hydrogen-bond acceptors (Lipinski definition) is 4. The highest BCUT2D eigenvalue weighted by Gasteiger charge is 2.44. The molecule has 1 amide bonds. The lowest BCUT2D eigenvalue weighted by Crippen LogP contribution is -2.14. The Bertz CT molecular complexity index is 650. The number of amides is 1. The maximum absolute atomic E-state index is 12.3. The minimum Gasteiger partial charge on any atom is -0.491 e. The molecule has 1 aliphatic rings. The SMILES string of the molecule is Cc1ccc(C2CC2C(=O)Nc2ccc(OCCO)cc2)s1. The van der Waals surface area contributed by atoms with Crippen LogP contribution in [0, 0.1) is 12.8 Å². The molecule has 22 heavy (non-hydrogen) atoms. The first-order valence-electron chi connectivity index (χ1n) is 7.38. The van der Waals surface area contributed by atoms with Gasteiger partial charge in [0, 0.05) is 27.3 Å². The maximum Gasteiger partial charge on any atom is 0.228 e. The predicted octanol–water partition coefficient (Wildman–Crippen LogP) is 3.17. The molecule has 1 aromatic heterocycles. The lowest BCUT2D eigenvalue weighted by atomic mass is 10.2. The number of nitrogens with one attached hydrogen (secondary N) is 1. The van der Waals surface area contributed by atoms with E-state index in [0.717, 1.165) is 12.1 Å². The van der Waals surface area contributed by atoms with Crippen LogP contribution < -0.4 is 10.1 Å². The molecule has 1 saturated carbocycles. The van der Waals surface area contributed by atoms with Gasteiger partial charge >= 0.3 is 0 Å². The molecule has 2 N–H and O–H groups in total. The van der Waals surface area contributed by atoms with E-state index in [2.05, 4.69) is 24.4 Å². The molecular formula is C17H19NO3S. The highest BCUT2D eigenvalue weighted by Crippen LogP contribution is 2.50. The minimum absolute atomic E-state index is 0.0102.